The van der Waals surface area contributed by atoms with Crippen molar-refractivity contribution in [3.63, 3.8) is 0 Å². The Morgan fingerprint density at radius 3 is 2.48 bits per heavy atom. The summed E-state index contributed by atoms with van der Waals surface area (Å²) in [6.45, 7) is 4.45. The van der Waals surface area contributed by atoms with E-state index in [0.717, 1.165) is 23.2 Å². The lowest BCUT2D eigenvalue weighted by molar-refractivity contribution is 0.185. The molecule has 0 aliphatic carbocycles. The predicted molar refractivity (Wildman–Crippen MR) is 111 cm³/mol. The zero-order valence-electron chi connectivity index (χ0n) is 14.6. The minimum absolute atomic E-state index is 0. The molecule has 0 aliphatic heterocycles. The lowest BCUT2D eigenvalue weighted by Crippen LogP contribution is -2.36. The summed E-state index contributed by atoms with van der Waals surface area (Å²) in [6, 6.07) is 14.7. The summed E-state index contributed by atoms with van der Waals surface area (Å²) in [4.78, 5) is 4.58. The third-order valence-electron chi connectivity index (χ3n) is 3.42. The molecule has 0 amide bonds. The van der Waals surface area contributed by atoms with E-state index in [2.05, 4.69) is 21.7 Å². The van der Waals surface area contributed by atoms with E-state index >= 15 is 0 Å². The van der Waals surface area contributed by atoms with Crippen molar-refractivity contribution in [1.82, 2.24) is 10.6 Å². The Balaban J connectivity index is 0.00000312. The quantitative estimate of drug-likeness (QED) is 0.377. The van der Waals surface area contributed by atoms with Crippen LogP contribution >= 0.6 is 24.0 Å². The highest BCUT2D eigenvalue weighted by Crippen LogP contribution is 2.08. The zero-order chi connectivity index (χ0) is 17.2. The molecule has 0 saturated carbocycles. The van der Waals surface area contributed by atoms with Crippen molar-refractivity contribution in [2.75, 3.05) is 13.7 Å². The van der Waals surface area contributed by atoms with Crippen LogP contribution in [0.3, 0.4) is 0 Å². The average Bonchev–Trinajstić information content (AvgIpc) is 2.58. The number of rotatable bonds is 7. The molecule has 0 radical (unpaired) electrons. The fraction of sp³-hybridized carbons (Fsp3) is 0.316. The van der Waals surface area contributed by atoms with Crippen LogP contribution in [0.2, 0.25) is 0 Å². The van der Waals surface area contributed by atoms with Gasteiger partial charge in [0.25, 0.3) is 0 Å². The van der Waals surface area contributed by atoms with Crippen LogP contribution in [-0.4, -0.2) is 19.6 Å². The minimum atomic E-state index is -0.230. The van der Waals surface area contributed by atoms with E-state index in [1.165, 1.54) is 12.1 Å². The highest BCUT2D eigenvalue weighted by atomic mass is 127. The van der Waals surface area contributed by atoms with E-state index < -0.39 is 0 Å². The van der Waals surface area contributed by atoms with Crippen LogP contribution in [0.25, 0.3) is 0 Å². The Hall–Kier alpha value is -1.67. The predicted octanol–water partition coefficient (Wildman–Crippen LogP) is 3.85. The van der Waals surface area contributed by atoms with Crippen molar-refractivity contribution in [2.24, 2.45) is 4.99 Å². The Kier molecular flexibility index (Phi) is 10.1. The SMILES string of the molecule is CCNC(=NCc1cccc(COC)c1)NCc1cccc(F)c1.I. The van der Waals surface area contributed by atoms with E-state index in [-0.39, 0.29) is 29.8 Å². The molecule has 0 aromatic heterocycles. The summed E-state index contributed by atoms with van der Waals surface area (Å²) >= 11 is 0. The molecule has 0 spiro atoms. The van der Waals surface area contributed by atoms with Gasteiger partial charge in [-0.2, -0.15) is 0 Å². The van der Waals surface area contributed by atoms with E-state index in [1.54, 1.807) is 13.2 Å². The van der Waals surface area contributed by atoms with Gasteiger partial charge in [0.15, 0.2) is 5.96 Å². The molecule has 0 aliphatic rings. The molecule has 0 unspecified atom stereocenters. The van der Waals surface area contributed by atoms with Gasteiger partial charge < -0.3 is 15.4 Å². The highest BCUT2D eigenvalue weighted by molar-refractivity contribution is 14.0. The van der Waals surface area contributed by atoms with Crippen LogP contribution < -0.4 is 10.6 Å². The van der Waals surface area contributed by atoms with Crippen molar-refractivity contribution in [1.29, 1.82) is 0 Å². The maximum absolute atomic E-state index is 13.2. The van der Waals surface area contributed by atoms with Gasteiger partial charge in [-0.25, -0.2) is 9.38 Å². The summed E-state index contributed by atoms with van der Waals surface area (Å²) < 4.78 is 18.4. The topological polar surface area (TPSA) is 45.7 Å². The average molecular weight is 457 g/mol. The summed E-state index contributed by atoms with van der Waals surface area (Å²) in [6.07, 6.45) is 0. The first-order valence-corrected chi connectivity index (χ1v) is 8.04. The first kappa shape index (κ1) is 21.4. The maximum Gasteiger partial charge on any atom is 0.191 e. The number of ether oxygens (including phenoxy) is 1. The number of guanidine groups is 1. The fourth-order valence-corrected chi connectivity index (χ4v) is 2.33. The van der Waals surface area contributed by atoms with Crippen LogP contribution in [-0.2, 0) is 24.4 Å². The molecule has 2 rings (SSSR count). The Morgan fingerprint density at radius 2 is 1.76 bits per heavy atom. The molecule has 2 aromatic rings. The van der Waals surface area contributed by atoms with Crippen LogP contribution in [0, 0.1) is 5.82 Å². The van der Waals surface area contributed by atoms with Crippen LogP contribution in [0.4, 0.5) is 4.39 Å². The second kappa shape index (κ2) is 11.8. The molecule has 25 heavy (non-hydrogen) atoms. The first-order valence-electron chi connectivity index (χ1n) is 8.04. The normalized spacial score (nSPS) is 10.9. The Bertz CT molecular complexity index is 679. The van der Waals surface area contributed by atoms with Gasteiger partial charge in [-0.15, -0.1) is 24.0 Å². The van der Waals surface area contributed by atoms with Crippen molar-refractivity contribution in [2.45, 2.75) is 26.6 Å². The third-order valence-corrected chi connectivity index (χ3v) is 3.42. The number of aliphatic imine (C=N–C) groups is 1. The van der Waals surface area contributed by atoms with Crippen molar-refractivity contribution in [3.05, 3.63) is 71.0 Å². The summed E-state index contributed by atoms with van der Waals surface area (Å²) in [5.74, 6) is 0.477. The minimum Gasteiger partial charge on any atom is -0.380 e. The molecule has 4 nitrogen and oxygen atoms in total. The maximum atomic E-state index is 13.2. The van der Waals surface area contributed by atoms with E-state index in [0.29, 0.717) is 25.7 Å². The van der Waals surface area contributed by atoms with Crippen molar-refractivity contribution < 1.29 is 9.13 Å². The second-order valence-electron chi connectivity index (χ2n) is 5.43. The Morgan fingerprint density at radius 1 is 1.04 bits per heavy atom. The molecule has 2 N–H and O–H groups in total. The van der Waals surface area contributed by atoms with E-state index in [9.17, 15) is 4.39 Å². The monoisotopic (exact) mass is 457 g/mol. The van der Waals surface area contributed by atoms with Crippen molar-refractivity contribution >= 4 is 29.9 Å². The smallest absolute Gasteiger partial charge is 0.191 e. The number of benzene rings is 2. The molecule has 0 heterocycles. The third kappa shape index (κ3) is 7.83. The number of nitrogens with zero attached hydrogens (tertiary/aromatic N) is 1. The molecule has 0 atom stereocenters. The number of methoxy groups -OCH3 is 1. The van der Waals surface area contributed by atoms with Gasteiger partial charge in [0.1, 0.15) is 5.82 Å². The van der Waals surface area contributed by atoms with Gasteiger partial charge in [-0.3, -0.25) is 0 Å². The second-order valence-corrected chi connectivity index (χ2v) is 5.43. The van der Waals surface area contributed by atoms with Crippen molar-refractivity contribution in [3.8, 4) is 0 Å². The zero-order valence-corrected chi connectivity index (χ0v) is 16.9. The summed E-state index contributed by atoms with van der Waals surface area (Å²) in [5, 5.41) is 6.42. The Labute approximate surface area is 165 Å². The molecule has 2 aromatic carbocycles. The van der Waals surface area contributed by atoms with Gasteiger partial charge in [-0.1, -0.05) is 36.4 Å². The highest BCUT2D eigenvalue weighted by Gasteiger charge is 2.00. The first-order chi connectivity index (χ1) is 11.7. The number of halogens is 2. The van der Waals surface area contributed by atoms with E-state index in [4.69, 9.17) is 4.74 Å². The van der Waals surface area contributed by atoms with Gasteiger partial charge in [0.2, 0.25) is 0 Å². The van der Waals surface area contributed by atoms with Crippen LogP contribution in [0.15, 0.2) is 53.5 Å². The molecule has 0 saturated heterocycles. The molecular weight excluding hydrogens is 432 g/mol. The molecular formula is C19H25FIN3O. The largest absolute Gasteiger partial charge is 0.380 e. The fourth-order valence-electron chi connectivity index (χ4n) is 2.33. The lowest BCUT2D eigenvalue weighted by Gasteiger charge is -2.11. The number of hydrogen-bond acceptors (Lipinski definition) is 2. The summed E-state index contributed by atoms with van der Waals surface area (Å²) in [7, 11) is 1.68. The van der Waals surface area contributed by atoms with Gasteiger partial charge >= 0.3 is 0 Å². The standard InChI is InChI=1S/C19H24FN3O.HI/c1-3-21-19(23-13-16-7-5-9-18(20)11-16)22-12-15-6-4-8-17(10-15)14-24-2;/h4-11H,3,12-14H2,1-2H3,(H2,21,22,23);1H. The lowest BCUT2D eigenvalue weighted by atomic mass is 10.1. The van der Waals surface area contributed by atoms with Crippen LogP contribution in [0.5, 0.6) is 0 Å². The molecule has 0 fully saturated rings. The number of nitrogens with one attached hydrogen (secondary N) is 2. The molecule has 6 heteroatoms. The summed E-state index contributed by atoms with van der Waals surface area (Å²) in [5.41, 5.74) is 3.12. The molecule has 136 valence electrons. The van der Waals surface area contributed by atoms with Gasteiger partial charge in [0.05, 0.1) is 13.2 Å². The molecule has 0 bridgehead atoms. The van der Waals surface area contributed by atoms with Gasteiger partial charge in [-0.05, 0) is 35.7 Å². The number of hydrogen-bond donors (Lipinski definition) is 2. The van der Waals surface area contributed by atoms with Crippen LogP contribution in [0.1, 0.15) is 23.6 Å². The van der Waals surface area contributed by atoms with Gasteiger partial charge in [0, 0.05) is 20.2 Å². The van der Waals surface area contributed by atoms with E-state index in [1.807, 2.05) is 31.2 Å².